The number of halogens is 2. The van der Waals surface area contributed by atoms with Crippen LogP contribution < -0.4 is 5.43 Å². The molecule has 12 heteroatoms. The summed E-state index contributed by atoms with van der Waals surface area (Å²) in [5.41, 5.74) is 2.91. The monoisotopic (exact) mass is 404 g/mol. The summed E-state index contributed by atoms with van der Waals surface area (Å²) in [7, 11) is -4.27. The van der Waals surface area contributed by atoms with Crippen LogP contribution in [0.2, 0.25) is 10.0 Å². The molecule has 0 saturated heterocycles. The van der Waals surface area contributed by atoms with Crippen LogP contribution >= 0.6 is 23.2 Å². The van der Waals surface area contributed by atoms with Crippen LogP contribution in [0.15, 0.2) is 41.3 Å². The van der Waals surface area contributed by atoms with E-state index in [4.69, 9.17) is 28.6 Å². The van der Waals surface area contributed by atoms with Gasteiger partial charge < -0.3 is 4.55 Å². The zero-order valence-electron chi connectivity index (χ0n) is 12.5. The van der Waals surface area contributed by atoms with Gasteiger partial charge in [-0.1, -0.05) is 40.9 Å². The maximum atomic E-state index is 10.4. The third-order valence-corrected chi connectivity index (χ3v) is 4.15. The van der Waals surface area contributed by atoms with Gasteiger partial charge in [-0.05, 0) is 24.5 Å². The third-order valence-electron chi connectivity index (χ3n) is 2.71. The lowest BCUT2D eigenvalue weighted by Gasteiger charge is -2.05. The first-order valence-corrected chi connectivity index (χ1v) is 8.48. The van der Waals surface area contributed by atoms with E-state index in [1.807, 2.05) is 6.92 Å². The minimum absolute atomic E-state index is 0.00185. The fourth-order valence-corrected chi connectivity index (χ4v) is 2.56. The van der Waals surface area contributed by atoms with Crippen LogP contribution in [0.4, 0.5) is 11.4 Å². The molecular weight excluding hydrogens is 395 g/mol. The number of aryl methyl sites for hydroxylation is 1. The van der Waals surface area contributed by atoms with Crippen molar-refractivity contribution in [2.24, 2.45) is 0 Å². The van der Waals surface area contributed by atoms with Gasteiger partial charge in [-0.3, -0.25) is 10.1 Å². The Balaban J connectivity index is 0.000000257. The maximum Gasteiger partial charge on any atom is 0.308 e. The zero-order chi connectivity index (χ0) is 19.2. The fraction of sp³-hybridized carbons (Fsp3) is 0.0769. The lowest BCUT2D eigenvalue weighted by atomic mass is 10.2. The quantitative estimate of drug-likeness (QED) is 0.352. The van der Waals surface area contributed by atoms with E-state index in [0.717, 1.165) is 17.7 Å². The van der Waals surface area contributed by atoms with Crippen LogP contribution in [-0.4, -0.2) is 17.9 Å². The van der Waals surface area contributed by atoms with Gasteiger partial charge in [-0.15, -0.1) is 0 Å². The predicted octanol–water partition coefficient (Wildman–Crippen LogP) is 3.98. The van der Waals surface area contributed by atoms with E-state index in [9.17, 15) is 23.1 Å². The first-order valence-electron chi connectivity index (χ1n) is 6.32. The highest BCUT2D eigenvalue weighted by atomic mass is 35.5. The van der Waals surface area contributed by atoms with Crippen LogP contribution in [0.5, 0.6) is 0 Å². The molecule has 2 aromatic rings. The summed E-state index contributed by atoms with van der Waals surface area (Å²) in [5, 5.41) is 21.2. The molecule has 0 fully saturated rings. The maximum absolute atomic E-state index is 10.4. The molecule has 132 valence electrons. The molecule has 0 atom stereocenters. The average molecular weight is 405 g/mol. The largest absolute Gasteiger partial charge is 0.744 e. The highest BCUT2D eigenvalue weighted by Crippen LogP contribution is 2.34. The third kappa shape index (κ3) is 6.17. The Kier molecular flexibility index (Phi) is 7.08. The molecule has 0 aromatic heterocycles. The Morgan fingerprint density at radius 2 is 1.64 bits per heavy atom. The van der Waals surface area contributed by atoms with Gasteiger partial charge in [-0.25, -0.2) is 8.42 Å². The van der Waals surface area contributed by atoms with Crippen molar-refractivity contribution in [2.45, 2.75) is 11.8 Å². The minimum atomic E-state index is -4.27. The van der Waals surface area contributed by atoms with Gasteiger partial charge in [0.25, 0.3) is 11.1 Å². The number of anilines is 1. The number of nitro groups is 1. The predicted molar refractivity (Wildman–Crippen MR) is 91.0 cm³/mol. The molecular formula is C13H10Cl2N4O5S. The fourth-order valence-electron chi connectivity index (χ4n) is 1.53. The molecule has 0 bridgehead atoms. The highest BCUT2D eigenvalue weighted by Gasteiger charge is 2.17. The van der Waals surface area contributed by atoms with Gasteiger partial charge in [0.2, 0.25) is 0 Å². The van der Waals surface area contributed by atoms with Crippen molar-refractivity contribution in [2.75, 3.05) is 5.43 Å². The van der Waals surface area contributed by atoms with Crippen molar-refractivity contribution in [1.29, 1.82) is 5.39 Å². The van der Waals surface area contributed by atoms with E-state index in [1.165, 1.54) is 12.1 Å². The highest BCUT2D eigenvalue weighted by molar-refractivity contribution is 7.85. The SMILES string of the molecule is Cc1ccc(S(=O)(=O)[O-])cc1.N#[N+]Nc1c(Cl)cc([N+](=O)[O-])cc1Cl. The molecule has 0 saturated carbocycles. The summed E-state index contributed by atoms with van der Waals surface area (Å²) in [6, 6.07) is 7.98. The van der Waals surface area contributed by atoms with Crippen LogP contribution in [0.1, 0.15) is 5.56 Å². The van der Waals surface area contributed by atoms with Gasteiger partial charge in [0.05, 0.1) is 19.9 Å². The zero-order valence-corrected chi connectivity index (χ0v) is 14.8. The van der Waals surface area contributed by atoms with Crippen LogP contribution in [0.3, 0.4) is 0 Å². The van der Waals surface area contributed by atoms with Gasteiger partial charge in [0.1, 0.15) is 10.1 Å². The van der Waals surface area contributed by atoms with Crippen molar-refractivity contribution in [1.82, 2.24) is 0 Å². The number of nitrogens with one attached hydrogen (secondary N) is 1. The molecule has 0 unspecified atom stereocenters. The molecule has 25 heavy (non-hydrogen) atoms. The summed E-state index contributed by atoms with van der Waals surface area (Å²) in [6.45, 7) is 1.82. The molecule has 2 aromatic carbocycles. The van der Waals surface area contributed by atoms with Crippen molar-refractivity contribution < 1.29 is 17.9 Å². The van der Waals surface area contributed by atoms with Crippen molar-refractivity contribution in [3.63, 3.8) is 0 Å². The molecule has 2 rings (SSSR count). The molecule has 0 radical (unpaired) electrons. The van der Waals surface area contributed by atoms with E-state index < -0.39 is 15.0 Å². The molecule has 0 aliphatic heterocycles. The smallest absolute Gasteiger partial charge is 0.308 e. The van der Waals surface area contributed by atoms with E-state index in [2.05, 4.69) is 10.5 Å². The summed E-state index contributed by atoms with van der Waals surface area (Å²) in [4.78, 5) is 9.56. The number of nitro benzene ring substituents is 1. The van der Waals surface area contributed by atoms with E-state index in [-0.39, 0.29) is 26.3 Å². The Morgan fingerprint density at radius 1 is 1.16 bits per heavy atom. The Hall–Kier alpha value is -2.45. The van der Waals surface area contributed by atoms with E-state index >= 15 is 0 Å². The second-order valence-corrected chi connectivity index (χ2v) is 6.71. The molecule has 1 N–H and O–H groups in total. The summed E-state index contributed by atoms with van der Waals surface area (Å²) in [6.07, 6.45) is 0. The summed E-state index contributed by atoms with van der Waals surface area (Å²) >= 11 is 11.3. The first-order chi connectivity index (χ1) is 11.6. The van der Waals surface area contributed by atoms with Crippen LogP contribution in [-0.2, 0) is 10.1 Å². The molecule has 0 amide bonds. The van der Waals surface area contributed by atoms with Crippen molar-refractivity contribution in [3.05, 3.63) is 67.2 Å². The standard InChI is InChI=1S/C7H8O3S.C6H3Cl2N4O2/c1-6-2-4-7(5-3-6)11(8,9)10;7-4-1-3(12(13)14)2-5(8)6(4)10-11-9/h2-5H,1H3,(H,8,9,10);1-2,10H/q;+1/p-1. The molecule has 0 aliphatic carbocycles. The second kappa shape index (κ2) is 8.59. The lowest BCUT2D eigenvalue weighted by molar-refractivity contribution is -0.384. The van der Waals surface area contributed by atoms with Gasteiger partial charge in [0, 0.05) is 12.1 Å². The number of nitrogens with zero attached hydrogens (tertiary/aromatic N) is 3. The average Bonchev–Trinajstić information content (AvgIpc) is 2.50. The Labute approximate surface area is 152 Å². The normalized spacial score (nSPS) is 10.2. The topological polar surface area (TPSA) is 141 Å². The van der Waals surface area contributed by atoms with Crippen molar-refractivity contribution >= 4 is 44.7 Å². The van der Waals surface area contributed by atoms with Gasteiger partial charge in [0.15, 0.2) is 5.69 Å². The molecule has 9 nitrogen and oxygen atoms in total. The van der Waals surface area contributed by atoms with Gasteiger partial charge in [-0.2, -0.15) is 0 Å². The minimum Gasteiger partial charge on any atom is -0.744 e. The van der Waals surface area contributed by atoms with Gasteiger partial charge >= 0.3 is 5.08 Å². The number of non-ortho nitro benzene ring substituents is 1. The number of rotatable bonds is 3. The summed E-state index contributed by atoms with van der Waals surface area (Å²) in [5.74, 6) is 0. The number of hydrogen-bond donors (Lipinski definition) is 1. The molecule has 0 spiro atoms. The van der Waals surface area contributed by atoms with Crippen molar-refractivity contribution in [3.8, 4) is 0 Å². The second-order valence-electron chi connectivity index (χ2n) is 4.52. The molecule has 0 heterocycles. The van der Waals surface area contributed by atoms with Crippen LogP contribution in [0, 0.1) is 22.4 Å². The number of hydrogen-bond acceptors (Lipinski definition) is 7. The van der Waals surface area contributed by atoms with E-state index in [1.54, 1.807) is 12.1 Å². The summed E-state index contributed by atoms with van der Waals surface area (Å²) < 4.78 is 31.2. The number of benzene rings is 2. The Bertz CT molecular complexity index is 903. The van der Waals surface area contributed by atoms with Crippen LogP contribution in [0.25, 0.3) is 5.08 Å². The Morgan fingerprint density at radius 3 is 2.00 bits per heavy atom. The molecule has 0 aliphatic rings. The first kappa shape index (κ1) is 20.6. The number of diazo groups is 1. The lowest BCUT2D eigenvalue weighted by Crippen LogP contribution is -1.97. The van der Waals surface area contributed by atoms with E-state index in [0.29, 0.717) is 0 Å².